The van der Waals surface area contributed by atoms with Crippen LogP contribution in [0.2, 0.25) is 0 Å². The zero-order valence-corrected chi connectivity index (χ0v) is 11.8. The average molecular weight is 300 g/mol. The van der Waals surface area contributed by atoms with Gasteiger partial charge in [-0.05, 0) is 12.1 Å². The Morgan fingerprint density at radius 2 is 2.14 bits per heavy atom. The molecule has 0 unspecified atom stereocenters. The predicted octanol–water partition coefficient (Wildman–Crippen LogP) is 3.40. The van der Waals surface area contributed by atoms with Gasteiger partial charge >= 0.3 is 5.97 Å². The first-order chi connectivity index (χ1) is 10.2. The number of nitrogens with two attached hydrogens (primary N) is 1. The van der Waals surface area contributed by atoms with Crippen molar-refractivity contribution in [3.8, 4) is 0 Å². The minimum Gasteiger partial charge on any atom is -0.478 e. The summed E-state index contributed by atoms with van der Waals surface area (Å²) in [6.45, 7) is 0. The molecule has 0 atom stereocenters. The number of hydrogen-bond acceptors (Lipinski definition) is 5. The number of hydrogen-bond donors (Lipinski definition) is 2. The van der Waals surface area contributed by atoms with Gasteiger partial charge in [0.1, 0.15) is 16.9 Å². The van der Waals surface area contributed by atoms with Crippen molar-refractivity contribution in [2.45, 2.75) is 10.6 Å². The van der Waals surface area contributed by atoms with Gasteiger partial charge in [0.2, 0.25) is 0 Å². The van der Waals surface area contributed by atoms with Gasteiger partial charge in [-0.3, -0.25) is 4.98 Å². The number of anilines is 1. The van der Waals surface area contributed by atoms with Crippen LogP contribution in [0.15, 0.2) is 52.0 Å². The maximum absolute atomic E-state index is 11.5. The highest BCUT2D eigenvalue weighted by Crippen LogP contribution is 2.32. The fraction of sp³-hybridized carbons (Fsp3) is 0.0667. The zero-order chi connectivity index (χ0) is 14.8. The molecule has 0 radical (unpaired) electrons. The number of carboxylic acids is 1. The van der Waals surface area contributed by atoms with Crippen LogP contribution < -0.4 is 5.73 Å². The lowest BCUT2D eigenvalue weighted by Crippen LogP contribution is -1.99. The molecule has 0 spiro atoms. The fourth-order valence-electron chi connectivity index (χ4n) is 2.10. The van der Waals surface area contributed by atoms with Crippen molar-refractivity contribution in [2.75, 3.05) is 5.73 Å². The summed E-state index contributed by atoms with van der Waals surface area (Å²) in [7, 11) is 0. The molecule has 21 heavy (non-hydrogen) atoms. The summed E-state index contributed by atoms with van der Waals surface area (Å²) in [6.07, 6.45) is 3.22. The van der Waals surface area contributed by atoms with Crippen LogP contribution in [0.25, 0.3) is 11.0 Å². The molecule has 106 valence electrons. The molecule has 0 aliphatic carbocycles. The lowest BCUT2D eigenvalue weighted by atomic mass is 10.1. The summed E-state index contributed by atoms with van der Waals surface area (Å²) in [6, 6.07) is 8.91. The second-order valence-corrected chi connectivity index (χ2v) is 5.42. The van der Waals surface area contributed by atoms with E-state index in [4.69, 9.17) is 10.2 Å². The minimum absolute atomic E-state index is 0.214. The normalized spacial score (nSPS) is 10.9. The number of aromatic nitrogens is 1. The first-order valence-electron chi connectivity index (χ1n) is 6.23. The number of rotatable bonds is 4. The number of fused-ring (bicyclic) bond motifs is 1. The van der Waals surface area contributed by atoms with Crippen LogP contribution in [0.1, 0.15) is 16.1 Å². The first kappa shape index (κ1) is 13.5. The van der Waals surface area contributed by atoms with Crippen molar-refractivity contribution in [1.82, 2.24) is 4.98 Å². The molecule has 1 aromatic carbocycles. The predicted molar refractivity (Wildman–Crippen MR) is 81.4 cm³/mol. The Bertz CT molecular complexity index is 814. The molecule has 0 aliphatic rings. The monoisotopic (exact) mass is 300 g/mol. The van der Waals surface area contributed by atoms with Gasteiger partial charge in [0.25, 0.3) is 0 Å². The smallest absolute Gasteiger partial charge is 0.339 e. The Balaban J connectivity index is 1.95. The van der Waals surface area contributed by atoms with Gasteiger partial charge in [0, 0.05) is 16.5 Å². The lowest BCUT2D eigenvalue weighted by Gasteiger charge is -2.03. The quantitative estimate of drug-likeness (QED) is 0.718. The number of furan rings is 1. The zero-order valence-electron chi connectivity index (χ0n) is 10.9. The Labute approximate surface area is 124 Å². The Morgan fingerprint density at radius 3 is 2.90 bits per heavy atom. The number of carboxylic acid groups (broad SMARTS) is 1. The van der Waals surface area contributed by atoms with Crippen molar-refractivity contribution in [3.05, 3.63) is 54.0 Å². The molecule has 5 nitrogen and oxygen atoms in total. The topological polar surface area (TPSA) is 89.4 Å². The van der Waals surface area contributed by atoms with E-state index in [-0.39, 0.29) is 5.56 Å². The molecule has 0 saturated heterocycles. The third-order valence-corrected chi connectivity index (χ3v) is 4.14. The third-order valence-electron chi connectivity index (χ3n) is 3.05. The number of thioether (sulfide) groups is 1. The molecular weight excluding hydrogens is 288 g/mol. The van der Waals surface area contributed by atoms with Gasteiger partial charge in [0.05, 0.1) is 17.6 Å². The summed E-state index contributed by atoms with van der Waals surface area (Å²) in [4.78, 5) is 16.2. The number of carbonyl (C=O) groups is 1. The summed E-state index contributed by atoms with van der Waals surface area (Å²) < 4.78 is 5.66. The number of benzene rings is 1. The first-order valence-corrected chi connectivity index (χ1v) is 7.21. The van der Waals surface area contributed by atoms with Crippen LogP contribution in [0.5, 0.6) is 0 Å². The molecule has 0 aliphatic heterocycles. The summed E-state index contributed by atoms with van der Waals surface area (Å²) >= 11 is 1.42. The Kier molecular flexibility index (Phi) is 3.53. The molecule has 2 heterocycles. The molecule has 0 saturated carbocycles. The second kappa shape index (κ2) is 5.49. The molecule has 0 bridgehead atoms. The van der Waals surface area contributed by atoms with E-state index in [2.05, 4.69) is 4.98 Å². The van der Waals surface area contributed by atoms with E-state index in [9.17, 15) is 9.90 Å². The third kappa shape index (κ3) is 2.57. The highest BCUT2D eigenvalue weighted by Gasteiger charge is 2.20. The summed E-state index contributed by atoms with van der Waals surface area (Å²) in [5, 5.41) is 10.0. The van der Waals surface area contributed by atoms with Gasteiger partial charge in [-0.25, -0.2) is 4.79 Å². The van der Waals surface area contributed by atoms with Gasteiger partial charge in [-0.15, -0.1) is 11.8 Å². The number of para-hydroxylation sites is 1. The second-order valence-electron chi connectivity index (χ2n) is 4.40. The average Bonchev–Trinajstić information content (AvgIpc) is 2.85. The van der Waals surface area contributed by atoms with Gasteiger partial charge in [0.15, 0.2) is 0 Å². The molecule has 0 fully saturated rings. The number of aromatic carboxylic acids is 1. The van der Waals surface area contributed by atoms with E-state index in [1.165, 1.54) is 11.8 Å². The SMILES string of the molecule is Nc1cnccc1SCc1oc2ccccc2c1C(=O)O. The van der Waals surface area contributed by atoms with Crippen molar-refractivity contribution in [2.24, 2.45) is 0 Å². The maximum Gasteiger partial charge on any atom is 0.339 e. The van der Waals surface area contributed by atoms with Crippen LogP contribution in [-0.4, -0.2) is 16.1 Å². The van der Waals surface area contributed by atoms with Crippen LogP contribution in [0.3, 0.4) is 0 Å². The number of nitrogen functional groups attached to an aromatic ring is 1. The fourth-order valence-corrected chi connectivity index (χ4v) is 2.97. The molecule has 6 heteroatoms. The standard InChI is InChI=1S/C15H12N2O3S/c16-10-7-17-6-5-13(10)21-8-12-14(15(18)19)9-3-1-2-4-11(9)20-12/h1-7H,8,16H2,(H,18,19). The van der Waals surface area contributed by atoms with Crippen LogP contribution in [0, 0.1) is 0 Å². The van der Waals surface area contributed by atoms with E-state index >= 15 is 0 Å². The van der Waals surface area contributed by atoms with E-state index < -0.39 is 5.97 Å². The Morgan fingerprint density at radius 1 is 1.33 bits per heavy atom. The van der Waals surface area contributed by atoms with Crippen molar-refractivity contribution in [1.29, 1.82) is 0 Å². The molecule has 3 rings (SSSR count). The van der Waals surface area contributed by atoms with Gasteiger partial charge < -0.3 is 15.3 Å². The summed E-state index contributed by atoms with van der Waals surface area (Å²) in [5.74, 6) is -0.159. The van der Waals surface area contributed by atoms with E-state index in [0.717, 1.165) is 4.90 Å². The van der Waals surface area contributed by atoms with Crippen LogP contribution >= 0.6 is 11.8 Å². The minimum atomic E-state index is -0.988. The molecular formula is C15H12N2O3S. The van der Waals surface area contributed by atoms with Crippen molar-refractivity contribution < 1.29 is 14.3 Å². The van der Waals surface area contributed by atoms with E-state index in [1.54, 1.807) is 36.7 Å². The van der Waals surface area contributed by atoms with Crippen molar-refractivity contribution >= 4 is 34.4 Å². The van der Waals surface area contributed by atoms with Crippen LogP contribution in [0.4, 0.5) is 5.69 Å². The molecule has 3 N–H and O–H groups in total. The van der Waals surface area contributed by atoms with E-state index in [1.807, 2.05) is 6.07 Å². The summed E-state index contributed by atoms with van der Waals surface area (Å²) in [5.41, 5.74) is 7.18. The lowest BCUT2D eigenvalue weighted by molar-refractivity contribution is 0.0697. The van der Waals surface area contributed by atoms with Crippen LogP contribution in [-0.2, 0) is 5.75 Å². The number of pyridine rings is 1. The van der Waals surface area contributed by atoms with E-state index in [0.29, 0.717) is 28.2 Å². The largest absolute Gasteiger partial charge is 0.478 e. The maximum atomic E-state index is 11.5. The van der Waals surface area contributed by atoms with Crippen molar-refractivity contribution in [3.63, 3.8) is 0 Å². The number of nitrogens with zero attached hydrogens (tertiary/aromatic N) is 1. The molecule has 2 aromatic heterocycles. The highest BCUT2D eigenvalue weighted by atomic mass is 32.2. The molecule has 3 aromatic rings. The van der Waals surface area contributed by atoms with Gasteiger partial charge in [-0.2, -0.15) is 0 Å². The van der Waals surface area contributed by atoms with Gasteiger partial charge in [-0.1, -0.05) is 18.2 Å². The Hall–Kier alpha value is -2.47. The molecule has 0 amide bonds. The highest BCUT2D eigenvalue weighted by molar-refractivity contribution is 7.98.